The molecule has 0 heterocycles. The van der Waals surface area contributed by atoms with Crippen molar-refractivity contribution in [2.75, 3.05) is 47.5 Å². The summed E-state index contributed by atoms with van der Waals surface area (Å²) in [7, 11) is 5.98. The summed E-state index contributed by atoms with van der Waals surface area (Å²) >= 11 is 0. The molecule has 0 radical (unpaired) electrons. The Morgan fingerprint density at radius 2 is 0.626 bits per heavy atom. The Hall–Kier alpha value is -3.79. The maximum absolute atomic E-state index is 13.0. The van der Waals surface area contributed by atoms with E-state index in [2.05, 4.69) is 111 Å². The van der Waals surface area contributed by atoms with Crippen LogP contribution in [0.25, 0.3) is 0 Å². The predicted molar refractivity (Wildman–Crippen MR) is 392 cm³/mol. The first-order valence-corrected chi connectivity index (χ1v) is 38.4. The van der Waals surface area contributed by atoms with E-state index in [-0.39, 0.29) is 32.2 Å². The number of rotatable bonds is 71. The molecule has 0 bridgehead atoms. The Kier molecular flexibility index (Phi) is 69.0. The standard InChI is InChI=1S/C82H145NO8/c1-6-8-10-12-14-16-18-20-22-24-26-28-30-32-34-36-38-39-40-41-43-44-46-48-50-52-54-56-58-60-62-64-66-68-70-72-79(84)89-76-78(77-90-82(81(86)87)88-75-74-83(3,4)5)91-80(85)73-71-69-67-65-63-61-59-57-55-53-51-49-47-45-42-37-35-33-31-29-27-25-23-21-19-17-15-13-11-9-7-2/h9,11,15,17,21,23,27,29,33,35,42,45,49,51,55,57,78,82H,6-8,10,12-14,16,18-20,22,24-26,28,30-32,34,36-41,43-44,46-48,50,52-54,56,58-77H2,1-5H3/p+1/b11-9-,17-15-,23-21-,29-27-,35-33-,45-42-,51-49-,57-55-. The van der Waals surface area contributed by atoms with Gasteiger partial charge in [-0.25, -0.2) is 4.79 Å². The molecule has 0 saturated carbocycles. The molecule has 9 heteroatoms. The lowest BCUT2D eigenvalue weighted by molar-refractivity contribution is -0.870. The number of esters is 2. The lowest BCUT2D eigenvalue weighted by Crippen LogP contribution is -2.40. The van der Waals surface area contributed by atoms with Gasteiger partial charge in [-0.3, -0.25) is 9.59 Å². The summed E-state index contributed by atoms with van der Waals surface area (Å²) in [5.74, 6) is -2.02. The number of ether oxygens (including phenoxy) is 4. The summed E-state index contributed by atoms with van der Waals surface area (Å²) in [6.45, 7) is 4.79. The van der Waals surface area contributed by atoms with Gasteiger partial charge in [-0.15, -0.1) is 0 Å². The molecule has 0 fully saturated rings. The second-order valence-electron chi connectivity index (χ2n) is 26.9. The minimum absolute atomic E-state index is 0.181. The van der Waals surface area contributed by atoms with E-state index < -0.39 is 24.3 Å². The highest BCUT2D eigenvalue weighted by Crippen LogP contribution is 2.19. The Morgan fingerprint density at radius 3 is 0.934 bits per heavy atom. The number of hydrogen-bond acceptors (Lipinski definition) is 7. The van der Waals surface area contributed by atoms with Crippen molar-refractivity contribution < 1.29 is 42.9 Å². The number of allylic oxidation sites excluding steroid dienone is 16. The predicted octanol–water partition coefficient (Wildman–Crippen LogP) is 24.4. The minimum atomic E-state index is -1.52. The van der Waals surface area contributed by atoms with Crippen LogP contribution >= 0.6 is 0 Å². The lowest BCUT2D eigenvalue weighted by Gasteiger charge is -2.25. The van der Waals surface area contributed by atoms with Crippen LogP contribution in [0.4, 0.5) is 0 Å². The zero-order chi connectivity index (χ0) is 66.1. The molecule has 0 amide bonds. The molecular formula is C82H146NO8+. The normalized spacial score (nSPS) is 13.2. The van der Waals surface area contributed by atoms with Gasteiger partial charge < -0.3 is 28.5 Å². The fraction of sp³-hybridized carbons (Fsp3) is 0.768. The van der Waals surface area contributed by atoms with E-state index in [0.717, 1.165) is 109 Å². The van der Waals surface area contributed by atoms with Gasteiger partial charge >= 0.3 is 17.9 Å². The molecule has 2 atom stereocenters. The fourth-order valence-corrected chi connectivity index (χ4v) is 11.0. The molecule has 1 N–H and O–H groups in total. The number of nitrogens with zero attached hydrogens (tertiary/aromatic N) is 1. The Bertz CT molecular complexity index is 1820. The average Bonchev–Trinajstić information content (AvgIpc) is 3.65. The molecule has 0 rings (SSSR count). The number of hydrogen-bond donors (Lipinski definition) is 1. The molecule has 0 aromatic rings. The highest BCUT2D eigenvalue weighted by molar-refractivity contribution is 5.71. The first kappa shape index (κ1) is 87.2. The van der Waals surface area contributed by atoms with Gasteiger partial charge in [0, 0.05) is 12.8 Å². The van der Waals surface area contributed by atoms with Crippen molar-refractivity contribution in [3.63, 3.8) is 0 Å². The van der Waals surface area contributed by atoms with E-state index in [0.29, 0.717) is 23.9 Å². The summed E-state index contributed by atoms with van der Waals surface area (Å²) in [6, 6.07) is 0. The Balaban J connectivity index is 4.08. The Labute approximate surface area is 562 Å². The minimum Gasteiger partial charge on any atom is -0.477 e. The highest BCUT2D eigenvalue weighted by atomic mass is 16.7. The van der Waals surface area contributed by atoms with Crippen molar-refractivity contribution in [3.05, 3.63) is 97.2 Å². The summed E-state index contributed by atoms with van der Waals surface area (Å²) in [6.07, 6.45) is 97.0. The summed E-state index contributed by atoms with van der Waals surface area (Å²) in [5, 5.41) is 9.76. The number of aliphatic carboxylic acids is 1. The van der Waals surface area contributed by atoms with Gasteiger partial charge in [0.2, 0.25) is 0 Å². The van der Waals surface area contributed by atoms with Crippen LogP contribution in [0.1, 0.15) is 348 Å². The van der Waals surface area contributed by atoms with Crippen LogP contribution in [0.2, 0.25) is 0 Å². The van der Waals surface area contributed by atoms with Crippen molar-refractivity contribution in [2.45, 2.75) is 360 Å². The third kappa shape index (κ3) is 73.5. The smallest absolute Gasteiger partial charge is 0.361 e. The number of unbranched alkanes of at least 4 members (excludes halogenated alkanes) is 40. The summed E-state index contributed by atoms with van der Waals surface area (Å²) in [5.41, 5.74) is 0. The quantitative estimate of drug-likeness (QED) is 0.0211. The summed E-state index contributed by atoms with van der Waals surface area (Å²) in [4.78, 5) is 37.7. The number of carbonyl (C=O) groups excluding carboxylic acids is 2. The summed E-state index contributed by atoms with van der Waals surface area (Å²) < 4.78 is 23.0. The van der Waals surface area contributed by atoms with E-state index in [9.17, 15) is 19.5 Å². The average molecular weight is 1270 g/mol. The maximum atomic E-state index is 13.0. The van der Waals surface area contributed by atoms with Crippen LogP contribution < -0.4 is 0 Å². The van der Waals surface area contributed by atoms with E-state index >= 15 is 0 Å². The van der Waals surface area contributed by atoms with Gasteiger partial charge in [-0.05, 0) is 77.0 Å². The molecule has 2 unspecified atom stereocenters. The van der Waals surface area contributed by atoms with Gasteiger partial charge in [0.05, 0.1) is 34.4 Å². The van der Waals surface area contributed by atoms with Gasteiger partial charge in [-0.2, -0.15) is 0 Å². The number of quaternary nitrogens is 1. The number of carboxylic acid groups (broad SMARTS) is 1. The van der Waals surface area contributed by atoms with Crippen LogP contribution in [0.3, 0.4) is 0 Å². The van der Waals surface area contributed by atoms with Crippen molar-refractivity contribution in [1.29, 1.82) is 0 Å². The molecule has 0 saturated heterocycles. The van der Waals surface area contributed by atoms with E-state index in [1.807, 2.05) is 21.1 Å². The van der Waals surface area contributed by atoms with Crippen LogP contribution in [-0.4, -0.2) is 87.4 Å². The second-order valence-corrected chi connectivity index (χ2v) is 26.9. The lowest BCUT2D eigenvalue weighted by atomic mass is 10.0. The fourth-order valence-electron chi connectivity index (χ4n) is 11.0. The van der Waals surface area contributed by atoms with Crippen LogP contribution in [0, 0.1) is 0 Å². The van der Waals surface area contributed by atoms with Gasteiger partial charge in [-0.1, -0.05) is 355 Å². The van der Waals surface area contributed by atoms with E-state index in [1.165, 1.54) is 205 Å². The SMILES string of the molecule is CC/C=C\C/C=C\C/C=C\C/C=C\C/C=C\C/C=C\C/C=C\C/C=C\CCCCCCCCC(=O)OC(COC(=O)CCCCCCCCCCCCCCCCCCCCCCCCCCCCCCCCCCCCC)COC(OCC[N+](C)(C)C)C(=O)O. The molecule has 9 nitrogen and oxygen atoms in total. The van der Waals surface area contributed by atoms with Crippen molar-refractivity contribution in [1.82, 2.24) is 0 Å². The molecule has 526 valence electrons. The van der Waals surface area contributed by atoms with E-state index in [4.69, 9.17) is 18.9 Å². The maximum Gasteiger partial charge on any atom is 0.361 e. The second kappa shape index (κ2) is 72.0. The van der Waals surface area contributed by atoms with Crippen molar-refractivity contribution in [2.24, 2.45) is 0 Å². The molecular weight excluding hydrogens is 1130 g/mol. The van der Waals surface area contributed by atoms with E-state index in [1.54, 1.807) is 0 Å². The molecule has 0 aromatic carbocycles. The molecule has 0 spiro atoms. The van der Waals surface area contributed by atoms with Crippen molar-refractivity contribution in [3.8, 4) is 0 Å². The number of likely N-dealkylation sites (N-methyl/N-ethyl adjacent to an activating group) is 1. The third-order valence-corrected chi connectivity index (χ3v) is 16.9. The highest BCUT2D eigenvalue weighted by Gasteiger charge is 2.25. The van der Waals surface area contributed by atoms with Crippen LogP contribution in [0.15, 0.2) is 97.2 Å². The molecule has 0 aliphatic rings. The molecule has 0 aliphatic heterocycles. The zero-order valence-corrected chi connectivity index (χ0v) is 60.2. The molecule has 91 heavy (non-hydrogen) atoms. The zero-order valence-electron chi connectivity index (χ0n) is 60.2. The monoisotopic (exact) mass is 1270 g/mol. The number of carbonyl (C=O) groups is 3. The molecule has 0 aromatic heterocycles. The van der Waals surface area contributed by atoms with Crippen LogP contribution in [-0.2, 0) is 33.3 Å². The van der Waals surface area contributed by atoms with Gasteiger partial charge in [0.15, 0.2) is 6.10 Å². The topological polar surface area (TPSA) is 108 Å². The van der Waals surface area contributed by atoms with Gasteiger partial charge in [0.1, 0.15) is 13.2 Å². The van der Waals surface area contributed by atoms with Crippen LogP contribution in [0.5, 0.6) is 0 Å². The number of carboxylic acids is 1. The largest absolute Gasteiger partial charge is 0.477 e. The third-order valence-electron chi connectivity index (χ3n) is 16.9. The van der Waals surface area contributed by atoms with Crippen molar-refractivity contribution >= 4 is 17.9 Å². The first-order valence-electron chi connectivity index (χ1n) is 38.4. The first-order chi connectivity index (χ1) is 44.6. The van der Waals surface area contributed by atoms with Gasteiger partial charge in [0.25, 0.3) is 6.29 Å². The molecule has 0 aliphatic carbocycles. The Morgan fingerprint density at radius 1 is 0.341 bits per heavy atom.